The lowest BCUT2D eigenvalue weighted by atomic mass is 10.1. The molecule has 1 aliphatic heterocycles. The molecule has 8 heteroatoms. The number of benzene rings is 1. The van der Waals surface area contributed by atoms with Gasteiger partial charge in [0.25, 0.3) is 5.89 Å². The molecule has 25 heavy (non-hydrogen) atoms. The Balaban J connectivity index is 1.45. The van der Waals surface area contributed by atoms with Gasteiger partial charge in [0, 0.05) is 13.5 Å². The normalized spacial score (nSPS) is 15.7. The molecule has 0 saturated carbocycles. The van der Waals surface area contributed by atoms with Crippen LogP contribution in [0.4, 0.5) is 6.01 Å². The number of hydrogen-bond acceptors (Lipinski definition) is 7. The molecule has 130 valence electrons. The third-order valence-corrected chi connectivity index (χ3v) is 4.26. The van der Waals surface area contributed by atoms with Crippen LogP contribution in [0.3, 0.4) is 0 Å². The van der Waals surface area contributed by atoms with Crippen molar-refractivity contribution >= 4 is 6.01 Å². The Labute approximate surface area is 144 Å². The maximum absolute atomic E-state index is 5.87. The number of rotatable bonds is 5. The number of para-hydroxylation sites is 1. The van der Waals surface area contributed by atoms with Gasteiger partial charge in [0.05, 0.1) is 24.9 Å². The Morgan fingerprint density at radius 1 is 1.32 bits per heavy atom. The zero-order valence-electron chi connectivity index (χ0n) is 14.3. The second-order valence-corrected chi connectivity index (χ2v) is 5.91. The quantitative estimate of drug-likeness (QED) is 0.762. The van der Waals surface area contributed by atoms with Crippen molar-refractivity contribution in [3.63, 3.8) is 0 Å². The van der Waals surface area contributed by atoms with E-state index < -0.39 is 0 Å². The molecule has 0 amide bonds. The average Bonchev–Trinajstić information content (AvgIpc) is 3.29. The van der Waals surface area contributed by atoms with Crippen LogP contribution >= 0.6 is 0 Å². The maximum atomic E-state index is 5.87. The van der Waals surface area contributed by atoms with Crippen molar-refractivity contribution < 1.29 is 13.9 Å². The molecule has 0 spiro atoms. The second kappa shape index (κ2) is 6.12. The van der Waals surface area contributed by atoms with Crippen LogP contribution in [0.15, 0.2) is 28.7 Å². The lowest BCUT2D eigenvalue weighted by Gasteiger charge is -2.06. The lowest BCUT2D eigenvalue weighted by molar-refractivity contribution is 0.199. The van der Waals surface area contributed by atoms with E-state index in [9.17, 15) is 0 Å². The minimum absolute atomic E-state index is 0.241. The molecule has 0 bridgehead atoms. The van der Waals surface area contributed by atoms with E-state index in [1.54, 1.807) is 11.8 Å². The molecule has 1 aromatic carbocycles. The highest BCUT2D eigenvalue weighted by Crippen LogP contribution is 2.36. The van der Waals surface area contributed by atoms with Crippen LogP contribution in [-0.4, -0.2) is 27.1 Å². The Hall–Kier alpha value is -3.03. The zero-order chi connectivity index (χ0) is 17.4. The number of nitrogens with one attached hydrogen (secondary N) is 1. The third-order valence-electron chi connectivity index (χ3n) is 4.26. The van der Waals surface area contributed by atoms with E-state index in [-0.39, 0.29) is 6.10 Å². The number of nitrogens with zero attached hydrogens (tertiary/aromatic N) is 4. The van der Waals surface area contributed by atoms with E-state index in [0.717, 1.165) is 29.0 Å². The molecule has 3 aromatic rings. The summed E-state index contributed by atoms with van der Waals surface area (Å²) in [5.41, 5.74) is 2.99. The molecule has 0 saturated heterocycles. The van der Waals surface area contributed by atoms with Gasteiger partial charge in [-0.15, -0.1) is 5.10 Å². The Kier molecular flexibility index (Phi) is 3.79. The molecule has 0 radical (unpaired) electrons. The number of anilines is 1. The van der Waals surface area contributed by atoms with Crippen LogP contribution in [0.1, 0.15) is 28.8 Å². The van der Waals surface area contributed by atoms with E-state index in [1.807, 2.05) is 38.2 Å². The van der Waals surface area contributed by atoms with Gasteiger partial charge in [-0.05, 0) is 18.6 Å². The smallest absolute Gasteiger partial charge is 0.315 e. The van der Waals surface area contributed by atoms with Gasteiger partial charge >= 0.3 is 6.01 Å². The van der Waals surface area contributed by atoms with Crippen molar-refractivity contribution in [1.29, 1.82) is 0 Å². The fraction of sp³-hybridized carbons (Fsp3) is 0.353. The van der Waals surface area contributed by atoms with Crippen molar-refractivity contribution in [3.8, 4) is 11.6 Å². The number of methoxy groups -OCH3 is 1. The summed E-state index contributed by atoms with van der Waals surface area (Å²) in [6, 6.07) is 8.28. The van der Waals surface area contributed by atoms with Gasteiger partial charge in [-0.3, -0.25) is 0 Å². The second-order valence-electron chi connectivity index (χ2n) is 5.91. The van der Waals surface area contributed by atoms with Crippen LogP contribution in [0.5, 0.6) is 11.6 Å². The molecule has 1 N–H and O–H groups in total. The summed E-state index contributed by atoms with van der Waals surface area (Å²) in [7, 11) is 3.47. The van der Waals surface area contributed by atoms with Crippen molar-refractivity contribution in [2.45, 2.75) is 26.0 Å². The molecule has 8 nitrogen and oxygen atoms in total. The predicted molar refractivity (Wildman–Crippen MR) is 89.6 cm³/mol. The van der Waals surface area contributed by atoms with Crippen molar-refractivity contribution in [2.24, 2.45) is 7.05 Å². The molecular weight excluding hydrogens is 322 g/mol. The molecule has 1 aliphatic rings. The number of aromatic nitrogens is 4. The monoisotopic (exact) mass is 341 g/mol. The highest BCUT2D eigenvalue weighted by Gasteiger charge is 2.28. The van der Waals surface area contributed by atoms with E-state index in [4.69, 9.17) is 13.9 Å². The van der Waals surface area contributed by atoms with Crippen molar-refractivity contribution in [2.75, 3.05) is 12.4 Å². The van der Waals surface area contributed by atoms with E-state index in [1.165, 1.54) is 0 Å². The van der Waals surface area contributed by atoms with E-state index in [2.05, 4.69) is 20.6 Å². The summed E-state index contributed by atoms with van der Waals surface area (Å²) in [5, 5.41) is 15.6. The van der Waals surface area contributed by atoms with Crippen LogP contribution < -0.4 is 14.8 Å². The number of aryl methyl sites for hydroxylation is 2. The third kappa shape index (κ3) is 2.79. The fourth-order valence-corrected chi connectivity index (χ4v) is 3.06. The molecule has 3 heterocycles. The molecule has 2 aromatic heterocycles. The summed E-state index contributed by atoms with van der Waals surface area (Å²) in [6.45, 7) is 2.42. The first kappa shape index (κ1) is 15.5. The average molecular weight is 341 g/mol. The van der Waals surface area contributed by atoms with Crippen molar-refractivity contribution in [3.05, 3.63) is 47.0 Å². The van der Waals surface area contributed by atoms with Gasteiger partial charge in [0.1, 0.15) is 5.75 Å². The summed E-state index contributed by atoms with van der Waals surface area (Å²) >= 11 is 0. The standard InChI is InChI=1S/C17H19N5O3/c1-10-12(16(23-3)22(2)21-10)9-18-17-20-19-15(25-17)14-8-11-6-4-5-7-13(11)24-14/h4-7,14H,8-9H2,1-3H3,(H,18,20). The van der Waals surface area contributed by atoms with Gasteiger partial charge in [0.15, 0.2) is 6.10 Å². The van der Waals surface area contributed by atoms with Gasteiger partial charge in [-0.2, -0.15) is 5.10 Å². The summed E-state index contributed by atoms with van der Waals surface area (Å²) in [5.74, 6) is 2.05. The summed E-state index contributed by atoms with van der Waals surface area (Å²) in [6.07, 6.45) is 0.489. The maximum Gasteiger partial charge on any atom is 0.315 e. The Bertz CT molecular complexity index is 877. The Morgan fingerprint density at radius 3 is 2.96 bits per heavy atom. The minimum atomic E-state index is -0.241. The van der Waals surface area contributed by atoms with Crippen molar-refractivity contribution in [1.82, 2.24) is 20.0 Å². The molecule has 0 fully saturated rings. The molecule has 4 rings (SSSR count). The first-order valence-corrected chi connectivity index (χ1v) is 8.04. The van der Waals surface area contributed by atoms with Gasteiger partial charge in [-0.25, -0.2) is 4.68 Å². The first-order valence-electron chi connectivity index (χ1n) is 8.04. The topological polar surface area (TPSA) is 87.2 Å². The summed E-state index contributed by atoms with van der Waals surface area (Å²) < 4.78 is 18.7. The first-order chi connectivity index (χ1) is 12.2. The molecule has 1 atom stereocenters. The van der Waals surface area contributed by atoms with Crippen LogP contribution in [0.25, 0.3) is 0 Å². The lowest BCUT2D eigenvalue weighted by Crippen LogP contribution is -2.04. The molecule has 0 aliphatic carbocycles. The Morgan fingerprint density at radius 2 is 2.16 bits per heavy atom. The van der Waals surface area contributed by atoms with Crippen LogP contribution in [0, 0.1) is 6.92 Å². The van der Waals surface area contributed by atoms with Gasteiger partial charge < -0.3 is 19.2 Å². The minimum Gasteiger partial charge on any atom is -0.481 e. The SMILES string of the molecule is COc1c(CNc2nnc(C3Cc4ccccc4O3)o2)c(C)nn1C. The molecule has 1 unspecified atom stereocenters. The van der Waals surface area contributed by atoms with Crippen LogP contribution in [0.2, 0.25) is 0 Å². The van der Waals surface area contributed by atoms with Crippen LogP contribution in [-0.2, 0) is 20.0 Å². The van der Waals surface area contributed by atoms with E-state index in [0.29, 0.717) is 24.3 Å². The van der Waals surface area contributed by atoms with Gasteiger partial charge in [-0.1, -0.05) is 23.3 Å². The largest absolute Gasteiger partial charge is 0.481 e. The molecular formula is C17H19N5O3. The fourth-order valence-electron chi connectivity index (χ4n) is 3.06. The predicted octanol–water partition coefficient (Wildman–Crippen LogP) is 2.41. The highest BCUT2D eigenvalue weighted by atomic mass is 16.5. The van der Waals surface area contributed by atoms with E-state index >= 15 is 0 Å². The number of fused-ring (bicyclic) bond motifs is 1. The zero-order valence-corrected chi connectivity index (χ0v) is 14.3. The number of hydrogen-bond donors (Lipinski definition) is 1. The number of ether oxygens (including phenoxy) is 2. The summed E-state index contributed by atoms with van der Waals surface area (Å²) in [4.78, 5) is 0. The van der Waals surface area contributed by atoms with Gasteiger partial charge in [0.2, 0.25) is 5.88 Å². The highest BCUT2D eigenvalue weighted by molar-refractivity contribution is 5.38.